The molecule has 1 fully saturated rings. The highest BCUT2D eigenvalue weighted by Gasteiger charge is 2.28. The summed E-state index contributed by atoms with van der Waals surface area (Å²) in [5, 5.41) is 0.723. The first-order valence-electron chi connectivity index (χ1n) is 7.10. The van der Waals surface area contributed by atoms with Crippen molar-refractivity contribution < 1.29 is 8.42 Å². The molecule has 0 spiro atoms. The molecule has 1 saturated heterocycles. The molecule has 1 N–H and O–H groups in total. The van der Waals surface area contributed by atoms with Gasteiger partial charge in [-0.3, -0.25) is 4.79 Å². The first-order chi connectivity index (χ1) is 9.96. The zero-order valence-electron chi connectivity index (χ0n) is 11.9. The fraction of sp³-hybridized carbons (Fsp3) is 0.400. The van der Waals surface area contributed by atoms with E-state index in [0.29, 0.717) is 24.5 Å². The highest BCUT2D eigenvalue weighted by molar-refractivity contribution is 7.89. The van der Waals surface area contributed by atoms with Crippen molar-refractivity contribution in [2.75, 3.05) is 13.1 Å². The number of H-pyrrole nitrogens is 1. The summed E-state index contributed by atoms with van der Waals surface area (Å²) in [4.78, 5) is 14.2. The standard InChI is InChI=1S/C15H18N2O3S/c1-11-3-2-8-17(10-11)21(19,20)13-5-6-14-12(9-13)4-7-15(18)16-14/h4-7,9,11H,2-3,8,10H2,1H3,(H,16,18). The van der Waals surface area contributed by atoms with E-state index in [-0.39, 0.29) is 10.5 Å². The van der Waals surface area contributed by atoms with Gasteiger partial charge in [0.2, 0.25) is 15.6 Å². The van der Waals surface area contributed by atoms with E-state index in [4.69, 9.17) is 0 Å². The van der Waals surface area contributed by atoms with Gasteiger partial charge in [0, 0.05) is 24.7 Å². The maximum Gasteiger partial charge on any atom is 0.248 e. The second kappa shape index (κ2) is 5.27. The summed E-state index contributed by atoms with van der Waals surface area (Å²) >= 11 is 0. The van der Waals surface area contributed by atoms with Gasteiger partial charge < -0.3 is 4.98 Å². The number of nitrogens with zero attached hydrogens (tertiary/aromatic N) is 1. The average Bonchev–Trinajstić information content (AvgIpc) is 2.46. The van der Waals surface area contributed by atoms with Crippen LogP contribution in [-0.4, -0.2) is 30.8 Å². The maximum atomic E-state index is 12.7. The molecule has 1 aliphatic rings. The largest absolute Gasteiger partial charge is 0.322 e. The quantitative estimate of drug-likeness (QED) is 0.922. The Kier molecular flexibility index (Phi) is 3.59. The molecule has 2 heterocycles. The van der Waals surface area contributed by atoms with Gasteiger partial charge in [-0.25, -0.2) is 8.42 Å². The Labute approximate surface area is 123 Å². The Bertz CT molecular complexity index is 826. The topological polar surface area (TPSA) is 70.2 Å². The molecule has 5 nitrogen and oxygen atoms in total. The smallest absolute Gasteiger partial charge is 0.248 e. The van der Waals surface area contributed by atoms with E-state index in [1.54, 1.807) is 28.6 Å². The van der Waals surface area contributed by atoms with Crippen LogP contribution in [0.1, 0.15) is 19.8 Å². The van der Waals surface area contributed by atoms with Gasteiger partial charge in [0.25, 0.3) is 0 Å². The minimum Gasteiger partial charge on any atom is -0.322 e. The monoisotopic (exact) mass is 306 g/mol. The van der Waals surface area contributed by atoms with E-state index in [0.717, 1.165) is 18.2 Å². The summed E-state index contributed by atoms with van der Waals surface area (Å²) in [6, 6.07) is 7.89. The predicted molar refractivity (Wildman–Crippen MR) is 81.7 cm³/mol. The molecule has 6 heteroatoms. The van der Waals surface area contributed by atoms with Crippen LogP contribution in [0.25, 0.3) is 10.9 Å². The zero-order chi connectivity index (χ0) is 15.0. The fourth-order valence-corrected chi connectivity index (χ4v) is 4.44. The van der Waals surface area contributed by atoms with Crippen molar-refractivity contribution in [3.8, 4) is 0 Å². The molecule has 0 bridgehead atoms. The third-order valence-corrected chi connectivity index (χ3v) is 5.81. The summed E-state index contributed by atoms with van der Waals surface area (Å²) in [6.07, 6.45) is 1.98. The Morgan fingerprint density at radius 1 is 1.24 bits per heavy atom. The number of pyridine rings is 1. The first kappa shape index (κ1) is 14.3. The number of benzene rings is 1. The van der Waals surface area contributed by atoms with Crippen LogP contribution in [0.4, 0.5) is 0 Å². The first-order valence-corrected chi connectivity index (χ1v) is 8.54. The van der Waals surface area contributed by atoms with Crippen molar-refractivity contribution in [2.24, 2.45) is 5.92 Å². The highest BCUT2D eigenvalue weighted by atomic mass is 32.2. The highest BCUT2D eigenvalue weighted by Crippen LogP contribution is 2.25. The Morgan fingerprint density at radius 2 is 2.05 bits per heavy atom. The van der Waals surface area contributed by atoms with Crippen LogP contribution in [0.3, 0.4) is 0 Å². The van der Waals surface area contributed by atoms with Crippen molar-refractivity contribution in [3.05, 3.63) is 40.7 Å². The average molecular weight is 306 g/mol. The van der Waals surface area contributed by atoms with Crippen molar-refractivity contribution in [2.45, 2.75) is 24.7 Å². The number of hydrogen-bond donors (Lipinski definition) is 1. The second-order valence-corrected chi connectivity index (χ2v) is 7.62. The Morgan fingerprint density at radius 3 is 2.81 bits per heavy atom. The normalized spacial score (nSPS) is 20.7. The third-order valence-electron chi connectivity index (χ3n) is 3.95. The van der Waals surface area contributed by atoms with E-state index in [9.17, 15) is 13.2 Å². The number of sulfonamides is 1. The van der Waals surface area contributed by atoms with Crippen LogP contribution in [0.15, 0.2) is 40.0 Å². The van der Waals surface area contributed by atoms with E-state index in [2.05, 4.69) is 11.9 Å². The summed E-state index contributed by atoms with van der Waals surface area (Å²) in [7, 11) is -3.46. The van der Waals surface area contributed by atoms with Gasteiger partial charge in [-0.2, -0.15) is 4.31 Å². The van der Waals surface area contributed by atoms with Gasteiger partial charge in [-0.15, -0.1) is 0 Å². The molecule has 21 heavy (non-hydrogen) atoms. The molecule has 1 aromatic carbocycles. The van der Waals surface area contributed by atoms with Gasteiger partial charge in [-0.05, 0) is 48.4 Å². The van der Waals surface area contributed by atoms with Gasteiger partial charge in [-0.1, -0.05) is 6.92 Å². The number of aromatic amines is 1. The molecule has 2 aromatic rings. The maximum absolute atomic E-state index is 12.7. The number of hydrogen-bond acceptors (Lipinski definition) is 3. The predicted octanol–water partition coefficient (Wildman–Crippen LogP) is 1.95. The number of nitrogens with one attached hydrogen (secondary N) is 1. The lowest BCUT2D eigenvalue weighted by molar-refractivity contribution is 0.281. The van der Waals surface area contributed by atoms with Crippen LogP contribution in [-0.2, 0) is 10.0 Å². The van der Waals surface area contributed by atoms with Crippen LogP contribution < -0.4 is 5.56 Å². The molecular formula is C15H18N2O3S. The number of rotatable bonds is 2. The molecule has 3 rings (SSSR count). The van der Waals surface area contributed by atoms with Crippen LogP contribution in [0, 0.1) is 5.92 Å². The molecule has 1 unspecified atom stereocenters. The Balaban J connectivity index is 2.02. The van der Waals surface area contributed by atoms with E-state index < -0.39 is 10.0 Å². The number of fused-ring (bicyclic) bond motifs is 1. The lowest BCUT2D eigenvalue weighted by Crippen LogP contribution is -2.39. The SMILES string of the molecule is CC1CCCN(S(=O)(=O)c2ccc3[nH]c(=O)ccc3c2)C1. The summed E-state index contributed by atoms with van der Waals surface area (Å²) < 4.78 is 27.0. The fourth-order valence-electron chi connectivity index (χ4n) is 2.81. The van der Waals surface area contributed by atoms with Crippen molar-refractivity contribution in [1.29, 1.82) is 0 Å². The molecule has 1 atom stereocenters. The lowest BCUT2D eigenvalue weighted by Gasteiger charge is -2.30. The number of aromatic nitrogens is 1. The molecule has 112 valence electrons. The minimum atomic E-state index is -3.46. The summed E-state index contributed by atoms with van der Waals surface area (Å²) in [6.45, 7) is 3.23. The zero-order valence-corrected chi connectivity index (χ0v) is 12.7. The van der Waals surface area contributed by atoms with Crippen LogP contribution >= 0.6 is 0 Å². The van der Waals surface area contributed by atoms with E-state index in [1.807, 2.05) is 0 Å². The van der Waals surface area contributed by atoms with Crippen molar-refractivity contribution >= 4 is 20.9 Å². The van der Waals surface area contributed by atoms with Gasteiger partial charge in [0.05, 0.1) is 4.90 Å². The van der Waals surface area contributed by atoms with E-state index in [1.165, 1.54) is 6.07 Å². The molecule has 0 saturated carbocycles. The minimum absolute atomic E-state index is 0.192. The molecule has 1 aliphatic heterocycles. The number of piperidine rings is 1. The third kappa shape index (κ3) is 2.73. The van der Waals surface area contributed by atoms with Gasteiger partial charge in [0.1, 0.15) is 0 Å². The second-order valence-electron chi connectivity index (χ2n) is 5.68. The molecule has 0 amide bonds. The van der Waals surface area contributed by atoms with Gasteiger partial charge >= 0.3 is 0 Å². The van der Waals surface area contributed by atoms with Gasteiger partial charge in [0.15, 0.2) is 0 Å². The lowest BCUT2D eigenvalue weighted by atomic mass is 10.0. The Hall–Kier alpha value is -1.66. The van der Waals surface area contributed by atoms with E-state index >= 15 is 0 Å². The molecular weight excluding hydrogens is 288 g/mol. The van der Waals surface area contributed by atoms with Crippen molar-refractivity contribution in [3.63, 3.8) is 0 Å². The summed E-state index contributed by atoms with van der Waals surface area (Å²) in [5.41, 5.74) is 0.455. The molecule has 0 radical (unpaired) electrons. The van der Waals surface area contributed by atoms with Crippen molar-refractivity contribution in [1.82, 2.24) is 9.29 Å². The molecule has 0 aliphatic carbocycles. The van der Waals surface area contributed by atoms with Crippen LogP contribution in [0.2, 0.25) is 0 Å². The van der Waals surface area contributed by atoms with Crippen LogP contribution in [0.5, 0.6) is 0 Å². The summed E-state index contributed by atoms with van der Waals surface area (Å²) in [5.74, 6) is 0.394. The molecule has 1 aromatic heterocycles.